The zero-order valence-electron chi connectivity index (χ0n) is 10.9. The molecule has 0 radical (unpaired) electrons. The molecule has 0 N–H and O–H groups in total. The maximum Gasteiger partial charge on any atom is 0.159 e. The van der Waals surface area contributed by atoms with Gasteiger partial charge in [0, 0.05) is 23.3 Å². The molecule has 0 amide bonds. The van der Waals surface area contributed by atoms with Gasteiger partial charge >= 0.3 is 0 Å². The van der Waals surface area contributed by atoms with Gasteiger partial charge in [0.05, 0.1) is 5.52 Å². The summed E-state index contributed by atoms with van der Waals surface area (Å²) in [6, 6.07) is 11.8. The number of aryl methyl sites for hydroxylation is 1. The van der Waals surface area contributed by atoms with Crippen molar-refractivity contribution < 1.29 is 4.79 Å². The van der Waals surface area contributed by atoms with Crippen LogP contribution in [0.15, 0.2) is 48.8 Å². The summed E-state index contributed by atoms with van der Waals surface area (Å²) in [5.41, 5.74) is 2.93. The minimum atomic E-state index is 0.0862. The van der Waals surface area contributed by atoms with Crippen molar-refractivity contribution in [1.82, 2.24) is 9.55 Å². The number of carbonyl (C=O) groups is 1. The molecule has 94 valence electrons. The van der Waals surface area contributed by atoms with Gasteiger partial charge < -0.3 is 4.57 Å². The van der Waals surface area contributed by atoms with Crippen molar-refractivity contribution in [3.63, 3.8) is 0 Å². The van der Waals surface area contributed by atoms with E-state index < -0.39 is 0 Å². The van der Waals surface area contributed by atoms with E-state index in [2.05, 4.69) is 4.98 Å². The molecule has 0 aliphatic rings. The maximum absolute atomic E-state index is 11.4. The molecule has 3 aromatic rings. The van der Waals surface area contributed by atoms with Crippen LogP contribution in [0.1, 0.15) is 22.8 Å². The number of Topliss-reactive ketones (excluding diaryl/α,β-unsaturated/α-hetero) is 1. The zero-order valence-corrected chi connectivity index (χ0v) is 10.9. The van der Waals surface area contributed by atoms with Gasteiger partial charge in [0.1, 0.15) is 5.82 Å². The van der Waals surface area contributed by atoms with Gasteiger partial charge in [-0.2, -0.15) is 0 Å². The summed E-state index contributed by atoms with van der Waals surface area (Å²) in [5, 5.41) is 1.05. The third-order valence-corrected chi connectivity index (χ3v) is 3.24. The summed E-state index contributed by atoms with van der Waals surface area (Å²) in [6.07, 6.45) is 3.83. The van der Waals surface area contributed by atoms with E-state index in [0.717, 1.165) is 27.8 Å². The monoisotopic (exact) mass is 250 g/mol. The van der Waals surface area contributed by atoms with Crippen molar-refractivity contribution in [2.45, 2.75) is 13.8 Å². The van der Waals surface area contributed by atoms with Crippen molar-refractivity contribution in [3.05, 3.63) is 59.9 Å². The number of aromatic nitrogens is 2. The lowest BCUT2D eigenvalue weighted by Crippen LogP contribution is -1.96. The third-order valence-electron chi connectivity index (χ3n) is 3.24. The lowest BCUT2D eigenvalue weighted by molar-refractivity contribution is 0.101. The molecule has 0 aliphatic carbocycles. The average Bonchev–Trinajstić information content (AvgIpc) is 2.82. The Morgan fingerprint density at radius 2 is 2.00 bits per heavy atom. The Labute approximate surface area is 111 Å². The van der Waals surface area contributed by atoms with Gasteiger partial charge in [0.25, 0.3) is 0 Å². The van der Waals surface area contributed by atoms with Crippen LogP contribution in [-0.4, -0.2) is 15.3 Å². The number of benzene rings is 1. The lowest BCUT2D eigenvalue weighted by Gasteiger charge is -2.05. The van der Waals surface area contributed by atoms with Crippen LogP contribution < -0.4 is 0 Å². The Bertz CT molecular complexity index is 754. The average molecular weight is 250 g/mol. The zero-order chi connectivity index (χ0) is 13.4. The van der Waals surface area contributed by atoms with Crippen molar-refractivity contribution in [2.75, 3.05) is 0 Å². The van der Waals surface area contributed by atoms with Gasteiger partial charge in [0.2, 0.25) is 0 Å². The molecule has 0 spiro atoms. The molecule has 2 aromatic heterocycles. The molecule has 0 bridgehead atoms. The predicted octanol–water partition coefficient (Wildman–Crippen LogP) is 3.54. The summed E-state index contributed by atoms with van der Waals surface area (Å²) in [5.74, 6) is 0.972. The highest BCUT2D eigenvalue weighted by molar-refractivity contribution is 5.98. The fourth-order valence-electron chi connectivity index (χ4n) is 2.16. The second-order valence-electron chi connectivity index (χ2n) is 4.71. The number of hydrogen-bond acceptors (Lipinski definition) is 2. The van der Waals surface area contributed by atoms with Gasteiger partial charge in [-0.3, -0.25) is 4.79 Å². The molecule has 0 saturated heterocycles. The van der Waals surface area contributed by atoms with E-state index in [1.807, 2.05) is 60.3 Å². The van der Waals surface area contributed by atoms with E-state index >= 15 is 0 Å². The minimum Gasteiger partial charge on any atom is -0.301 e. The number of nitrogens with zero attached hydrogens (tertiary/aromatic N) is 2. The molecule has 1 aromatic carbocycles. The molecule has 3 heteroatoms. The van der Waals surface area contributed by atoms with E-state index in [0.29, 0.717) is 0 Å². The van der Waals surface area contributed by atoms with Crippen LogP contribution >= 0.6 is 0 Å². The predicted molar refractivity (Wildman–Crippen MR) is 75.8 cm³/mol. The fraction of sp³-hybridized carbons (Fsp3) is 0.125. The van der Waals surface area contributed by atoms with Crippen molar-refractivity contribution in [2.24, 2.45) is 0 Å². The summed E-state index contributed by atoms with van der Waals surface area (Å²) < 4.78 is 2.03. The van der Waals surface area contributed by atoms with Gasteiger partial charge in [-0.25, -0.2) is 4.98 Å². The second-order valence-corrected chi connectivity index (χ2v) is 4.71. The molecule has 0 aliphatic heterocycles. The van der Waals surface area contributed by atoms with Gasteiger partial charge in [0.15, 0.2) is 5.78 Å². The van der Waals surface area contributed by atoms with E-state index in [4.69, 9.17) is 0 Å². The lowest BCUT2D eigenvalue weighted by atomic mass is 10.1. The molecular formula is C16H14N2O. The molecule has 2 heterocycles. The summed E-state index contributed by atoms with van der Waals surface area (Å²) in [6.45, 7) is 3.60. The molecule has 0 atom stereocenters. The standard InChI is InChI=1S/C16H14N2O/c1-11-3-6-16(17-10-11)18-8-7-14-9-13(12(2)19)4-5-15(14)18/h3-10H,1-2H3. The molecule has 3 nitrogen and oxygen atoms in total. The van der Waals surface area contributed by atoms with Crippen LogP contribution in [0.25, 0.3) is 16.7 Å². The van der Waals surface area contributed by atoms with Gasteiger partial charge in [-0.15, -0.1) is 0 Å². The molecule has 3 rings (SSSR count). The largest absolute Gasteiger partial charge is 0.301 e. The Hall–Kier alpha value is -2.42. The highest BCUT2D eigenvalue weighted by atomic mass is 16.1. The van der Waals surface area contributed by atoms with E-state index in [1.54, 1.807) is 6.92 Å². The Kier molecular flexibility index (Phi) is 2.67. The van der Waals surface area contributed by atoms with Crippen molar-refractivity contribution >= 4 is 16.7 Å². The Morgan fingerprint density at radius 3 is 2.68 bits per heavy atom. The fourth-order valence-corrected chi connectivity index (χ4v) is 2.16. The van der Waals surface area contributed by atoms with E-state index in [-0.39, 0.29) is 5.78 Å². The quantitative estimate of drug-likeness (QED) is 0.652. The van der Waals surface area contributed by atoms with Crippen LogP contribution in [0.3, 0.4) is 0 Å². The normalized spacial score (nSPS) is 10.8. The van der Waals surface area contributed by atoms with E-state index in [9.17, 15) is 4.79 Å². The van der Waals surface area contributed by atoms with E-state index in [1.165, 1.54) is 0 Å². The highest BCUT2D eigenvalue weighted by Crippen LogP contribution is 2.21. The second kappa shape index (κ2) is 4.35. The Morgan fingerprint density at radius 1 is 1.16 bits per heavy atom. The first-order chi connectivity index (χ1) is 9.15. The van der Waals surface area contributed by atoms with Crippen molar-refractivity contribution in [1.29, 1.82) is 0 Å². The highest BCUT2D eigenvalue weighted by Gasteiger charge is 2.06. The first-order valence-corrected chi connectivity index (χ1v) is 6.20. The Balaban J connectivity index is 2.15. The van der Waals surface area contributed by atoms with Crippen LogP contribution in [0.2, 0.25) is 0 Å². The first-order valence-electron chi connectivity index (χ1n) is 6.20. The number of pyridine rings is 1. The van der Waals surface area contributed by atoms with Crippen LogP contribution in [-0.2, 0) is 0 Å². The smallest absolute Gasteiger partial charge is 0.159 e. The number of fused-ring (bicyclic) bond motifs is 1. The molecule has 19 heavy (non-hydrogen) atoms. The minimum absolute atomic E-state index is 0.0862. The summed E-state index contributed by atoms with van der Waals surface area (Å²) in [7, 11) is 0. The SMILES string of the molecule is CC(=O)c1ccc2c(ccn2-c2ccc(C)cn2)c1. The third kappa shape index (κ3) is 2.03. The molecular weight excluding hydrogens is 236 g/mol. The van der Waals surface area contributed by atoms with Crippen LogP contribution in [0.5, 0.6) is 0 Å². The number of rotatable bonds is 2. The molecule has 0 saturated carbocycles. The summed E-state index contributed by atoms with van der Waals surface area (Å²) in [4.78, 5) is 15.8. The number of hydrogen-bond donors (Lipinski definition) is 0. The maximum atomic E-state index is 11.4. The number of ketones is 1. The topological polar surface area (TPSA) is 34.9 Å². The van der Waals surface area contributed by atoms with Gasteiger partial charge in [-0.05, 0) is 49.7 Å². The van der Waals surface area contributed by atoms with Crippen molar-refractivity contribution in [3.8, 4) is 5.82 Å². The number of carbonyl (C=O) groups excluding carboxylic acids is 1. The molecule has 0 fully saturated rings. The van der Waals surface area contributed by atoms with Crippen LogP contribution in [0, 0.1) is 6.92 Å². The van der Waals surface area contributed by atoms with Gasteiger partial charge in [-0.1, -0.05) is 6.07 Å². The summed E-state index contributed by atoms with van der Waals surface area (Å²) >= 11 is 0. The van der Waals surface area contributed by atoms with Crippen LogP contribution in [0.4, 0.5) is 0 Å². The molecule has 0 unspecified atom stereocenters. The first kappa shape index (κ1) is 11.7.